The molecule has 0 aromatic heterocycles. The van der Waals surface area contributed by atoms with Crippen molar-refractivity contribution in [1.29, 1.82) is 0 Å². The fourth-order valence-electron chi connectivity index (χ4n) is 5.65. The van der Waals surface area contributed by atoms with Gasteiger partial charge in [0.1, 0.15) is 11.6 Å². The second kappa shape index (κ2) is 11.2. The van der Waals surface area contributed by atoms with Crippen LogP contribution in [0, 0.1) is 11.6 Å². The lowest BCUT2D eigenvalue weighted by atomic mass is 9.75. The maximum Gasteiger partial charge on any atom is 0.488 e. The summed E-state index contributed by atoms with van der Waals surface area (Å²) in [6, 6.07) is 13.9. The van der Waals surface area contributed by atoms with Gasteiger partial charge in [0, 0.05) is 42.1 Å². The van der Waals surface area contributed by atoms with E-state index in [9.17, 15) is 14.4 Å². The van der Waals surface area contributed by atoms with Crippen LogP contribution in [0.25, 0.3) is 0 Å². The minimum atomic E-state index is -1.64. The summed E-state index contributed by atoms with van der Waals surface area (Å²) in [5.74, 6) is -1.34. The second-order valence-electron chi connectivity index (χ2n) is 10.2. The minimum Gasteiger partial charge on any atom is -0.423 e. The van der Waals surface area contributed by atoms with Crippen LogP contribution in [0.2, 0.25) is 5.02 Å². The number of likely N-dealkylation sites (tertiary alicyclic amines) is 1. The largest absolute Gasteiger partial charge is 0.488 e. The molecule has 0 saturated carbocycles. The van der Waals surface area contributed by atoms with E-state index >= 15 is 8.78 Å². The van der Waals surface area contributed by atoms with Crippen molar-refractivity contribution in [3.63, 3.8) is 0 Å². The van der Waals surface area contributed by atoms with Crippen molar-refractivity contribution >= 4 is 35.6 Å². The topological polar surface area (TPSA) is 59.0 Å². The predicted octanol–water partition coefficient (Wildman–Crippen LogP) is 4.29. The van der Waals surface area contributed by atoms with E-state index in [4.69, 9.17) is 11.6 Å². The van der Waals surface area contributed by atoms with Gasteiger partial charge in [0.25, 0.3) is 0 Å². The van der Waals surface area contributed by atoms with Gasteiger partial charge in [0.15, 0.2) is 0 Å². The summed E-state index contributed by atoms with van der Waals surface area (Å²) in [5.41, 5.74) is 2.89. The third kappa shape index (κ3) is 5.38. The Hall–Kier alpha value is -2.72. The van der Waals surface area contributed by atoms with Crippen LogP contribution in [-0.4, -0.2) is 60.5 Å². The number of fused-ring (bicyclic) bond motifs is 1. The Balaban J connectivity index is 1.51. The minimum absolute atomic E-state index is 0.0450. The molecular weight excluding hydrogens is 514 g/mol. The molecule has 2 heterocycles. The average molecular weight is 544 g/mol. The molecule has 38 heavy (non-hydrogen) atoms. The maximum atomic E-state index is 15.8. The molecule has 2 aliphatic heterocycles. The molecule has 0 radical (unpaired) electrons. The van der Waals surface area contributed by atoms with Gasteiger partial charge in [-0.1, -0.05) is 29.8 Å². The first-order chi connectivity index (χ1) is 18.2. The van der Waals surface area contributed by atoms with Crippen molar-refractivity contribution in [2.75, 3.05) is 36.5 Å². The molecule has 3 aromatic rings. The number of nitrogens with one attached hydrogen (secondary N) is 1. The van der Waals surface area contributed by atoms with Crippen LogP contribution in [0.3, 0.4) is 0 Å². The lowest BCUT2D eigenvalue weighted by Gasteiger charge is -2.44. The van der Waals surface area contributed by atoms with E-state index in [0.29, 0.717) is 54.2 Å². The van der Waals surface area contributed by atoms with Crippen LogP contribution < -0.4 is 15.7 Å². The van der Waals surface area contributed by atoms with Crippen molar-refractivity contribution < 1.29 is 23.2 Å². The highest BCUT2D eigenvalue weighted by Gasteiger charge is 2.37. The fourth-order valence-corrected chi connectivity index (χ4v) is 5.78. The van der Waals surface area contributed by atoms with Crippen molar-refractivity contribution in [2.24, 2.45) is 0 Å². The van der Waals surface area contributed by atoms with E-state index in [-0.39, 0.29) is 24.3 Å². The number of anilines is 2. The number of rotatable bonds is 8. The second-order valence-corrected chi connectivity index (χ2v) is 10.6. The zero-order valence-electron chi connectivity index (χ0n) is 21.0. The molecule has 0 aliphatic carbocycles. The van der Waals surface area contributed by atoms with E-state index in [1.54, 1.807) is 30.3 Å². The van der Waals surface area contributed by atoms with Gasteiger partial charge in [0.05, 0.1) is 24.3 Å². The summed E-state index contributed by atoms with van der Waals surface area (Å²) >= 11 is 6.12. The summed E-state index contributed by atoms with van der Waals surface area (Å²) in [7, 11) is -1.64. The highest BCUT2D eigenvalue weighted by Crippen LogP contribution is 2.43. The highest BCUT2D eigenvalue weighted by atomic mass is 35.5. The van der Waals surface area contributed by atoms with Crippen molar-refractivity contribution in [1.82, 2.24) is 4.90 Å². The zero-order valence-corrected chi connectivity index (χ0v) is 21.8. The molecule has 2 aliphatic rings. The molecule has 1 fully saturated rings. The van der Waals surface area contributed by atoms with Crippen LogP contribution in [0.1, 0.15) is 36.1 Å². The van der Waals surface area contributed by atoms with Crippen molar-refractivity contribution in [3.05, 3.63) is 87.9 Å². The van der Waals surface area contributed by atoms with E-state index < -0.39 is 24.8 Å². The number of benzene rings is 3. The molecular formula is C28H30BClF3N3O2. The average Bonchev–Trinajstić information content (AvgIpc) is 2.85. The number of nitrogens with zero attached hydrogens (tertiary/aromatic N) is 2. The molecule has 0 amide bonds. The fraction of sp³-hybridized carbons (Fsp3) is 0.357. The number of halogens is 4. The van der Waals surface area contributed by atoms with Gasteiger partial charge >= 0.3 is 7.12 Å². The quantitative estimate of drug-likeness (QED) is 0.370. The standard InChI is InChI=1S/C28H30BClF3N3O2/c1-17-11-18-12-19(29(37)38)3-8-24(18)28(36(17)23-6-4-20(30)5-7-23)27-25(32)13-21(14-26(27)33)34-22-15-35(16-22)10-2-9-31/h3-8,12-14,17,22,28,34,37-38H,2,9-11,15-16H2,1H3/t17-,28?/m1/s1. The number of hydrogen-bond donors (Lipinski definition) is 3. The van der Waals surface area contributed by atoms with Gasteiger partial charge < -0.3 is 20.3 Å². The van der Waals surface area contributed by atoms with Crippen molar-refractivity contribution in [2.45, 2.75) is 37.9 Å². The first kappa shape index (κ1) is 26.9. The molecule has 2 atom stereocenters. The molecule has 0 spiro atoms. The summed E-state index contributed by atoms with van der Waals surface area (Å²) in [6.45, 7) is 3.68. The molecule has 0 bridgehead atoms. The van der Waals surface area contributed by atoms with Gasteiger partial charge in [-0.05, 0) is 72.8 Å². The molecule has 3 N–H and O–H groups in total. The first-order valence-corrected chi connectivity index (χ1v) is 13.2. The van der Waals surface area contributed by atoms with Gasteiger partial charge in [-0.2, -0.15) is 0 Å². The first-order valence-electron chi connectivity index (χ1n) is 12.8. The number of hydrogen-bond acceptors (Lipinski definition) is 5. The third-order valence-corrected chi connectivity index (χ3v) is 7.69. The summed E-state index contributed by atoms with van der Waals surface area (Å²) in [5, 5.41) is 23.1. The highest BCUT2D eigenvalue weighted by molar-refractivity contribution is 6.58. The van der Waals surface area contributed by atoms with E-state index in [1.807, 2.05) is 24.0 Å². The molecule has 5 rings (SSSR count). The Bertz CT molecular complexity index is 1270. The van der Waals surface area contributed by atoms with Crippen LogP contribution in [0.5, 0.6) is 0 Å². The summed E-state index contributed by atoms with van der Waals surface area (Å²) < 4.78 is 44.1. The summed E-state index contributed by atoms with van der Waals surface area (Å²) in [4.78, 5) is 4.08. The van der Waals surface area contributed by atoms with E-state index in [2.05, 4.69) is 10.2 Å². The molecule has 5 nitrogen and oxygen atoms in total. The molecule has 200 valence electrons. The SMILES string of the molecule is C[C@@H]1Cc2cc(B(O)O)ccc2C(c2c(F)cc(NC3CN(CCCF)C3)cc2F)N1c1ccc(Cl)cc1. The van der Waals surface area contributed by atoms with Gasteiger partial charge in [-0.25, -0.2) is 8.78 Å². The van der Waals surface area contributed by atoms with Crippen LogP contribution in [0.15, 0.2) is 54.6 Å². The smallest absolute Gasteiger partial charge is 0.423 e. The lowest BCUT2D eigenvalue weighted by molar-refractivity contribution is 0.155. The molecule has 10 heteroatoms. The number of alkyl halides is 1. The normalized spacial score (nSPS) is 19.7. The van der Waals surface area contributed by atoms with Gasteiger partial charge in [-0.3, -0.25) is 9.29 Å². The Labute approximate surface area is 226 Å². The van der Waals surface area contributed by atoms with E-state index in [1.165, 1.54) is 12.1 Å². The van der Waals surface area contributed by atoms with Crippen LogP contribution in [-0.2, 0) is 6.42 Å². The summed E-state index contributed by atoms with van der Waals surface area (Å²) in [6.07, 6.45) is 1.04. The van der Waals surface area contributed by atoms with Crippen molar-refractivity contribution in [3.8, 4) is 0 Å². The molecule has 3 aromatic carbocycles. The molecule has 1 saturated heterocycles. The Morgan fingerprint density at radius 1 is 1.03 bits per heavy atom. The lowest BCUT2D eigenvalue weighted by Crippen LogP contribution is -2.54. The predicted molar refractivity (Wildman–Crippen MR) is 146 cm³/mol. The molecule has 1 unspecified atom stereocenters. The monoisotopic (exact) mass is 543 g/mol. The van der Waals surface area contributed by atoms with Crippen LogP contribution >= 0.6 is 11.6 Å². The van der Waals surface area contributed by atoms with Gasteiger partial charge in [0.2, 0.25) is 0 Å². The third-order valence-electron chi connectivity index (χ3n) is 7.44. The van der Waals surface area contributed by atoms with E-state index in [0.717, 1.165) is 11.3 Å². The van der Waals surface area contributed by atoms with Gasteiger partial charge in [-0.15, -0.1) is 0 Å². The maximum absolute atomic E-state index is 15.8. The Morgan fingerprint density at radius 2 is 1.71 bits per heavy atom. The zero-order chi connectivity index (χ0) is 27.0. The Kier molecular flexibility index (Phi) is 7.91. The Morgan fingerprint density at radius 3 is 2.34 bits per heavy atom. The van der Waals surface area contributed by atoms with Crippen LogP contribution in [0.4, 0.5) is 24.5 Å².